The van der Waals surface area contributed by atoms with E-state index in [0.29, 0.717) is 12.7 Å². The molecule has 4 rings (SSSR count). The average molecular weight is 310 g/mol. The zero-order chi connectivity index (χ0) is 16.2. The van der Waals surface area contributed by atoms with Gasteiger partial charge in [-0.15, -0.1) is 0 Å². The Kier molecular flexibility index (Phi) is 4.28. The third kappa shape index (κ3) is 3.34. The van der Waals surface area contributed by atoms with Crippen LogP contribution in [0.1, 0.15) is 18.1 Å². The molecule has 4 aromatic rings. The lowest BCUT2D eigenvalue weighted by molar-refractivity contribution is 0.251. The van der Waals surface area contributed by atoms with Crippen LogP contribution in [0.15, 0.2) is 51.6 Å². The van der Waals surface area contributed by atoms with Crippen LogP contribution in [0.4, 0.5) is 0 Å². The molecule has 0 saturated carbocycles. The van der Waals surface area contributed by atoms with E-state index in [1.165, 1.54) is 17.5 Å². The van der Waals surface area contributed by atoms with Gasteiger partial charge in [-0.3, -0.25) is 0 Å². The molecule has 2 aromatic heterocycles. The van der Waals surface area contributed by atoms with Crippen LogP contribution in [0.5, 0.6) is 6.08 Å². The number of oxazole rings is 2. The maximum atomic E-state index is 5.28. The zero-order valence-electron chi connectivity index (χ0n) is 13.4. The van der Waals surface area contributed by atoms with Crippen molar-refractivity contribution >= 4 is 22.2 Å². The smallest absolute Gasteiger partial charge is 0.394 e. The third-order valence-corrected chi connectivity index (χ3v) is 3.31. The molecule has 0 N–H and O–H groups in total. The second kappa shape index (κ2) is 6.52. The van der Waals surface area contributed by atoms with E-state index in [9.17, 15) is 0 Å². The number of ether oxygens (including phenoxy) is 1. The van der Waals surface area contributed by atoms with Gasteiger partial charge >= 0.3 is 6.08 Å². The largest absolute Gasteiger partial charge is 0.450 e. The van der Waals surface area contributed by atoms with E-state index in [4.69, 9.17) is 13.6 Å². The van der Waals surface area contributed by atoms with Gasteiger partial charge in [-0.1, -0.05) is 18.2 Å². The highest BCUT2D eigenvalue weighted by molar-refractivity contribution is 5.76. The molecule has 0 bridgehead atoms. The summed E-state index contributed by atoms with van der Waals surface area (Å²) in [6, 6.07) is 11.7. The minimum atomic E-state index is 0.346. The minimum Gasteiger partial charge on any atom is -0.450 e. The van der Waals surface area contributed by atoms with E-state index in [1.807, 2.05) is 44.2 Å². The maximum absolute atomic E-state index is 5.28. The quantitative estimate of drug-likeness (QED) is 0.538. The van der Waals surface area contributed by atoms with Gasteiger partial charge in [0.25, 0.3) is 0 Å². The normalized spacial score (nSPS) is 10.6. The van der Waals surface area contributed by atoms with Crippen LogP contribution in [0.3, 0.4) is 0 Å². The molecule has 0 unspecified atom stereocenters. The summed E-state index contributed by atoms with van der Waals surface area (Å²) >= 11 is 0. The van der Waals surface area contributed by atoms with Gasteiger partial charge in [-0.05, 0) is 50.1 Å². The fourth-order valence-corrected chi connectivity index (χ4v) is 2.35. The first-order valence-corrected chi connectivity index (χ1v) is 7.46. The van der Waals surface area contributed by atoms with Crippen LogP contribution >= 0.6 is 0 Å². The molecule has 5 nitrogen and oxygen atoms in total. The van der Waals surface area contributed by atoms with E-state index in [0.717, 1.165) is 22.2 Å². The molecule has 0 aliphatic heterocycles. The van der Waals surface area contributed by atoms with Crippen molar-refractivity contribution in [3.8, 4) is 6.08 Å². The van der Waals surface area contributed by atoms with Crippen molar-refractivity contribution in [1.29, 1.82) is 0 Å². The third-order valence-electron chi connectivity index (χ3n) is 3.31. The average Bonchev–Trinajstić information content (AvgIpc) is 3.14. The van der Waals surface area contributed by atoms with Gasteiger partial charge in [0.15, 0.2) is 17.6 Å². The molecule has 0 spiro atoms. The van der Waals surface area contributed by atoms with Crippen molar-refractivity contribution in [3.05, 3.63) is 53.9 Å². The second-order valence-electron chi connectivity index (χ2n) is 5.16. The molecule has 0 aliphatic rings. The standard InChI is InChI=1S/C9H9NO2.C9H9NO/c1-2-11-9-10-7-5-3-4-6-8(7)12-9;1-6-3-7(2)9-8(4-6)11-5-10-9/h3-6H,2H2,1H3;3-5H,1-2H3. The van der Waals surface area contributed by atoms with Crippen molar-refractivity contribution in [2.24, 2.45) is 0 Å². The summed E-state index contributed by atoms with van der Waals surface area (Å²) < 4.78 is 15.6. The summed E-state index contributed by atoms with van der Waals surface area (Å²) in [6.07, 6.45) is 1.83. The fourth-order valence-electron chi connectivity index (χ4n) is 2.35. The summed E-state index contributed by atoms with van der Waals surface area (Å²) in [4.78, 5) is 8.21. The molecule has 0 radical (unpaired) electrons. The van der Waals surface area contributed by atoms with E-state index in [2.05, 4.69) is 23.0 Å². The summed E-state index contributed by atoms with van der Waals surface area (Å²) in [5.41, 5.74) is 5.83. The predicted molar refractivity (Wildman–Crippen MR) is 88.7 cm³/mol. The van der Waals surface area contributed by atoms with Gasteiger partial charge in [0, 0.05) is 0 Å². The zero-order valence-corrected chi connectivity index (χ0v) is 13.4. The van der Waals surface area contributed by atoms with Crippen molar-refractivity contribution < 1.29 is 13.6 Å². The molecule has 0 amide bonds. The lowest BCUT2D eigenvalue weighted by atomic mass is 10.1. The van der Waals surface area contributed by atoms with Gasteiger partial charge in [0.1, 0.15) is 11.0 Å². The molecule has 5 heteroatoms. The second-order valence-corrected chi connectivity index (χ2v) is 5.16. The summed E-state index contributed by atoms with van der Waals surface area (Å²) in [5, 5.41) is 0. The Morgan fingerprint density at radius 3 is 2.70 bits per heavy atom. The van der Waals surface area contributed by atoms with Crippen molar-refractivity contribution in [3.63, 3.8) is 0 Å². The first kappa shape index (κ1) is 15.1. The number of hydrogen-bond donors (Lipinski definition) is 0. The number of rotatable bonds is 2. The number of aryl methyl sites for hydroxylation is 2. The SMILES string of the molecule is CCOc1nc2ccccc2o1.Cc1cc(C)c2ncoc2c1. The number of benzene rings is 2. The van der Waals surface area contributed by atoms with Gasteiger partial charge < -0.3 is 13.6 Å². The Balaban J connectivity index is 0.000000136. The predicted octanol–water partition coefficient (Wildman–Crippen LogP) is 4.67. The Bertz CT molecular complexity index is 891. The molecule has 2 heterocycles. The van der Waals surface area contributed by atoms with Gasteiger partial charge in [-0.25, -0.2) is 4.98 Å². The fraction of sp³-hybridized carbons (Fsp3) is 0.222. The van der Waals surface area contributed by atoms with Gasteiger partial charge in [0.2, 0.25) is 0 Å². The van der Waals surface area contributed by atoms with E-state index in [1.54, 1.807) is 0 Å². The highest BCUT2D eigenvalue weighted by atomic mass is 16.6. The molecular weight excluding hydrogens is 292 g/mol. The monoisotopic (exact) mass is 310 g/mol. The van der Waals surface area contributed by atoms with Crippen LogP contribution in [0, 0.1) is 13.8 Å². The Labute approximate surface area is 133 Å². The van der Waals surface area contributed by atoms with E-state index in [-0.39, 0.29) is 0 Å². The molecule has 118 valence electrons. The molecule has 0 atom stereocenters. The van der Waals surface area contributed by atoms with E-state index < -0.39 is 0 Å². The lowest BCUT2D eigenvalue weighted by Crippen LogP contribution is -1.89. The van der Waals surface area contributed by atoms with Crippen molar-refractivity contribution in [1.82, 2.24) is 9.97 Å². The number of fused-ring (bicyclic) bond motifs is 2. The highest BCUT2D eigenvalue weighted by Crippen LogP contribution is 2.19. The highest BCUT2D eigenvalue weighted by Gasteiger charge is 2.03. The Hall–Kier alpha value is -2.82. The number of para-hydroxylation sites is 2. The number of nitrogens with zero attached hydrogens (tertiary/aromatic N) is 2. The molecule has 23 heavy (non-hydrogen) atoms. The Morgan fingerprint density at radius 1 is 1.09 bits per heavy atom. The number of aromatic nitrogens is 2. The summed E-state index contributed by atoms with van der Waals surface area (Å²) in [7, 11) is 0. The maximum Gasteiger partial charge on any atom is 0.394 e. The molecule has 0 fully saturated rings. The number of hydrogen-bond acceptors (Lipinski definition) is 5. The van der Waals surface area contributed by atoms with Crippen LogP contribution in [0.2, 0.25) is 0 Å². The molecule has 0 aliphatic carbocycles. The molecular formula is C18H18N2O3. The van der Waals surface area contributed by atoms with Crippen LogP contribution in [-0.4, -0.2) is 16.6 Å². The lowest BCUT2D eigenvalue weighted by Gasteiger charge is -1.94. The van der Waals surface area contributed by atoms with Gasteiger partial charge in [0.05, 0.1) is 6.61 Å². The summed E-state index contributed by atoms with van der Waals surface area (Å²) in [5.74, 6) is 0. The summed E-state index contributed by atoms with van der Waals surface area (Å²) in [6.45, 7) is 6.56. The first-order chi connectivity index (χ1) is 11.2. The van der Waals surface area contributed by atoms with Crippen molar-refractivity contribution in [2.45, 2.75) is 20.8 Å². The Morgan fingerprint density at radius 2 is 1.91 bits per heavy atom. The van der Waals surface area contributed by atoms with Crippen LogP contribution in [-0.2, 0) is 0 Å². The topological polar surface area (TPSA) is 61.3 Å². The van der Waals surface area contributed by atoms with Crippen LogP contribution < -0.4 is 4.74 Å². The van der Waals surface area contributed by atoms with E-state index >= 15 is 0 Å². The van der Waals surface area contributed by atoms with Crippen molar-refractivity contribution in [2.75, 3.05) is 6.61 Å². The molecule has 0 saturated heterocycles. The first-order valence-electron chi connectivity index (χ1n) is 7.46. The minimum absolute atomic E-state index is 0.346. The van der Waals surface area contributed by atoms with Gasteiger partial charge in [-0.2, -0.15) is 4.98 Å². The molecule has 2 aromatic carbocycles. The van der Waals surface area contributed by atoms with Crippen LogP contribution in [0.25, 0.3) is 22.2 Å².